The summed E-state index contributed by atoms with van der Waals surface area (Å²) in [5.74, 6) is 1.75. The Morgan fingerprint density at radius 3 is 3.10 bits per heavy atom. The van der Waals surface area contributed by atoms with Crippen LogP contribution >= 0.6 is 0 Å². The molecule has 0 bridgehead atoms. The van der Waals surface area contributed by atoms with Crippen LogP contribution in [-0.4, -0.2) is 49.0 Å². The Balaban J connectivity index is 1.16. The van der Waals surface area contributed by atoms with Crippen LogP contribution in [-0.2, 0) is 6.42 Å². The standard InChI is InChI=1S/C19H17N7O3/c27-18(20-5-1-2-12-8-21-19-22-10-23-26(19)9-12)15-7-14(24-25-15)13-3-4-16-17(6-13)29-11-28-16/h3-4,6-10H,1-2,5,11H2,(H,20,27)(H,24,25). The Bertz CT molecular complexity index is 1180. The van der Waals surface area contributed by atoms with Gasteiger partial charge >= 0.3 is 0 Å². The molecule has 1 aliphatic rings. The number of hydrogen-bond donors (Lipinski definition) is 2. The fourth-order valence-electron chi connectivity index (χ4n) is 3.12. The first-order valence-corrected chi connectivity index (χ1v) is 9.14. The van der Waals surface area contributed by atoms with Crippen LogP contribution < -0.4 is 14.8 Å². The third-order valence-electron chi connectivity index (χ3n) is 4.61. The predicted molar refractivity (Wildman–Crippen MR) is 102 cm³/mol. The zero-order chi connectivity index (χ0) is 19.6. The topological polar surface area (TPSA) is 119 Å². The van der Waals surface area contributed by atoms with Crippen molar-refractivity contribution in [2.45, 2.75) is 12.8 Å². The Kier molecular flexibility index (Phi) is 4.28. The average molecular weight is 391 g/mol. The first kappa shape index (κ1) is 17.2. The highest BCUT2D eigenvalue weighted by Gasteiger charge is 2.16. The van der Waals surface area contributed by atoms with E-state index in [0.29, 0.717) is 35.2 Å². The van der Waals surface area contributed by atoms with E-state index in [9.17, 15) is 4.79 Å². The van der Waals surface area contributed by atoms with Crippen molar-refractivity contribution >= 4 is 11.7 Å². The second kappa shape index (κ2) is 7.23. The van der Waals surface area contributed by atoms with E-state index in [1.165, 1.54) is 6.33 Å². The fraction of sp³-hybridized carbons (Fsp3) is 0.211. The van der Waals surface area contributed by atoms with Crippen LogP contribution in [0.4, 0.5) is 0 Å². The number of carbonyl (C=O) groups is 1. The van der Waals surface area contributed by atoms with E-state index >= 15 is 0 Å². The van der Waals surface area contributed by atoms with Crippen molar-refractivity contribution in [3.8, 4) is 22.8 Å². The number of fused-ring (bicyclic) bond motifs is 2. The van der Waals surface area contributed by atoms with E-state index in [1.807, 2.05) is 24.4 Å². The minimum Gasteiger partial charge on any atom is -0.454 e. The molecule has 0 atom stereocenters. The summed E-state index contributed by atoms with van der Waals surface area (Å²) in [4.78, 5) is 20.6. The molecule has 10 heteroatoms. The number of hydrogen-bond acceptors (Lipinski definition) is 7. The zero-order valence-corrected chi connectivity index (χ0v) is 15.3. The molecule has 0 fully saturated rings. The molecule has 0 spiro atoms. The summed E-state index contributed by atoms with van der Waals surface area (Å²) in [6.07, 6.45) is 6.68. The van der Waals surface area contributed by atoms with E-state index in [0.717, 1.165) is 24.0 Å². The molecule has 146 valence electrons. The van der Waals surface area contributed by atoms with Crippen LogP contribution in [0.3, 0.4) is 0 Å². The van der Waals surface area contributed by atoms with Gasteiger partial charge < -0.3 is 14.8 Å². The van der Waals surface area contributed by atoms with Crippen LogP contribution in [0, 0.1) is 0 Å². The number of aryl methyl sites for hydroxylation is 1. The van der Waals surface area contributed by atoms with Crippen molar-refractivity contribution in [3.63, 3.8) is 0 Å². The highest BCUT2D eigenvalue weighted by atomic mass is 16.7. The molecule has 10 nitrogen and oxygen atoms in total. The van der Waals surface area contributed by atoms with Crippen LogP contribution in [0.25, 0.3) is 17.0 Å². The number of nitrogens with zero attached hydrogens (tertiary/aromatic N) is 5. The van der Waals surface area contributed by atoms with Crippen molar-refractivity contribution in [1.29, 1.82) is 0 Å². The van der Waals surface area contributed by atoms with Crippen molar-refractivity contribution in [3.05, 3.63) is 54.2 Å². The van der Waals surface area contributed by atoms with Gasteiger partial charge in [-0.25, -0.2) is 9.50 Å². The van der Waals surface area contributed by atoms with Gasteiger partial charge in [-0.1, -0.05) is 0 Å². The lowest BCUT2D eigenvalue weighted by Crippen LogP contribution is -2.25. The summed E-state index contributed by atoms with van der Waals surface area (Å²) >= 11 is 0. The summed E-state index contributed by atoms with van der Waals surface area (Å²) in [6.45, 7) is 0.752. The SMILES string of the molecule is O=C(NCCCc1cnc2ncnn2c1)c1cc(-c2ccc3c(c2)OCO3)n[nH]1. The molecule has 0 saturated heterocycles. The lowest BCUT2D eigenvalue weighted by molar-refractivity contribution is 0.0948. The summed E-state index contributed by atoms with van der Waals surface area (Å²) in [5.41, 5.74) is 2.95. The van der Waals surface area contributed by atoms with Gasteiger partial charge in [0.1, 0.15) is 12.0 Å². The van der Waals surface area contributed by atoms with Gasteiger partial charge in [-0.3, -0.25) is 9.89 Å². The molecule has 0 saturated carbocycles. The first-order valence-electron chi connectivity index (χ1n) is 9.14. The molecule has 4 heterocycles. The van der Waals surface area contributed by atoms with E-state index in [2.05, 4.69) is 30.6 Å². The number of rotatable bonds is 6. The number of aromatic nitrogens is 6. The molecule has 4 aromatic rings. The molecule has 1 aliphatic heterocycles. The van der Waals surface area contributed by atoms with Gasteiger partial charge in [0.05, 0.1) is 5.69 Å². The smallest absolute Gasteiger partial charge is 0.269 e. The summed E-state index contributed by atoms with van der Waals surface area (Å²) < 4.78 is 12.3. The van der Waals surface area contributed by atoms with Gasteiger partial charge in [0, 0.05) is 24.5 Å². The predicted octanol–water partition coefficient (Wildman–Crippen LogP) is 1.61. The Morgan fingerprint density at radius 1 is 1.21 bits per heavy atom. The minimum absolute atomic E-state index is 0.200. The van der Waals surface area contributed by atoms with Crippen molar-refractivity contribution in [1.82, 2.24) is 35.1 Å². The molecule has 5 rings (SSSR count). The van der Waals surface area contributed by atoms with Crippen molar-refractivity contribution in [2.75, 3.05) is 13.3 Å². The molecule has 3 aromatic heterocycles. The van der Waals surface area contributed by atoms with Crippen molar-refractivity contribution in [2.24, 2.45) is 0 Å². The van der Waals surface area contributed by atoms with E-state index < -0.39 is 0 Å². The number of carbonyl (C=O) groups excluding carboxylic acids is 1. The number of aromatic amines is 1. The van der Waals surface area contributed by atoms with Crippen LogP contribution in [0.15, 0.2) is 43.0 Å². The molecule has 0 radical (unpaired) electrons. The monoisotopic (exact) mass is 391 g/mol. The number of H-pyrrole nitrogens is 1. The molecule has 0 unspecified atom stereocenters. The fourth-order valence-corrected chi connectivity index (χ4v) is 3.12. The molecule has 1 amide bonds. The Hall–Kier alpha value is -3.95. The highest BCUT2D eigenvalue weighted by Crippen LogP contribution is 2.35. The van der Waals surface area contributed by atoms with Crippen LogP contribution in [0.2, 0.25) is 0 Å². The first-order chi connectivity index (χ1) is 14.3. The van der Waals surface area contributed by atoms with Gasteiger partial charge in [0.15, 0.2) is 11.5 Å². The van der Waals surface area contributed by atoms with Gasteiger partial charge in [-0.05, 0) is 42.7 Å². The third-order valence-corrected chi connectivity index (χ3v) is 4.61. The molecule has 1 aromatic carbocycles. The molecule has 2 N–H and O–H groups in total. The molecule has 29 heavy (non-hydrogen) atoms. The summed E-state index contributed by atoms with van der Waals surface area (Å²) in [5, 5.41) is 14.0. The summed E-state index contributed by atoms with van der Waals surface area (Å²) in [7, 11) is 0. The number of ether oxygens (including phenoxy) is 2. The molecule has 0 aliphatic carbocycles. The van der Waals surface area contributed by atoms with Crippen LogP contribution in [0.1, 0.15) is 22.5 Å². The van der Waals surface area contributed by atoms with E-state index in [4.69, 9.17) is 9.47 Å². The maximum Gasteiger partial charge on any atom is 0.269 e. The van der Waals surface area contributed by atoms with E-state index in [1.54, 1.807) is 16.8 Å². The number of benzene rings is 1. The Morgan fingerprint density at radius 2 is 2.14 bits per heavy atom. The zero-order valence-electron chi connectivity index (χ0n) is 15.3. The Labute approximate surface area is 164 Å². The molecular formula is C19H17N7O3. The number of nitrogens with one attached hydrogen (secondary N) is 2. The summed E-state index contributed by atoms with van der Waals surface area (Å²) in [6, 6.07) is 7.28. The second-order valence-corrected chi connectivity index (χ2v) is 6.56. The average Bonchev–Trinajstić information content (AvgIpc) is 3.50. The van der Waals surface area contributed by atoms with Gasteiger partial charge in [0.25, 0.3) is 11.7 Å². The highest BCUT2D eigenvalue weighted by molar-refractivity contribution is 5.93. The van der Waals surface area contributed by atoms with E-state index in [-0.39, 0.29) is 12.7 Å². The lowest BCUT2D eigenvalue weighted by Gasteiger charge is -2.04. The maximum absolute atomic E-state index is 12.4. The second-order valence-electron chi connectivity index (χ2n) is 6.56. The van der Waals surface area contributed by atoms with Gasteiger partial charge in [-0.15, -0.1) is 0 Å². The normalized spacial score (nSPS) is 12.4. The quantitative estimate of drug-likeness (QED) is 0.479. The maximum atomic E-state index is 12.4. The lowest BCUT2D eigenvalue weighted by atomic mass is 10.1. The van der Waals surface area contributed by atoms with Crippen LogP contribution in [0.5, 0.6) is 11.5 Å². The largest absolute Gasteiger partial charge is 0.454 e. The number of amides is 1. The van der Waals surface area contributed by atoms with Gasteiger partial charge in [-0.2, -0.15) is 15.2 Å². The minimum atomic E-state index is -0.200. The third kappa shape index (κ3) is 3.47. The van der Waals surface area contributed by atoms with Gasteiger partial charge in [0.2, 0.25) is 6.79 Å². The van der Waals surface area contributed by atoms with Crippen molar-refractivity contribution < 1.29 is 14.3 Å². The molecular weight excluding hydrogens is 374 g/mol.